The molecule has 7 heteroatoms. The number of anilines is 1. The Morgan fingerprint density at radius 3 is 2.23 bits per heavy atom. The molecule has 5 rings (SSSR count). The number of nitrogens with one attached hydrogen (secondary N) is 2. The van der Waals surface area contributed by atoms with E-state index in [0.29, 0.717) is 52.7 Å². The molecule has 5 nitrogen and oxygen atoms in total. The Morgan fingerprint density at radius 2 is 1.62 bits per heavy atom. The monoisotopic (exact) mass is 680 g/mol. The van der Waals surface area contributed by atoms with Gasteiger partial charge >= 0.3 is 0 Å². The van der Waals surface area contributed by atoms with Crippen LogP contribution in [0.4, 0.5) is 5.69 Å². The fourth-order valence-corrected chi connectivity index (χ4v) is 6.85. The number of rotatable bonds is 11. The Labute approximate surface area is 294 Å². The van der Waals surface area contributed by atoms with Crippen molar-refractivity contribution in [2.75, 3.05) is 17.6 Å². The molecule has 0 spiro atoms. The van der Waals surface area contributed by atoms with Gasteiger partial charge in [-0.2, -0.15) is 0 Å². The van der Waals surface area contributed by atoms with Crippen LogP contribution in [0.15, 0.2) is 97.1 Å². The van der Waals surface area contributed by atoms with Gasteiger partial charge in [0.15, 0.2) is 0 Å². The summed E-state index contributed by atoms with van der Waals surface area (Å²) in [6.07, 6.45) is 6.22. The summed E-state index contributed by atoms with van der Waals surface area (Å²) in [5, 5.41) is 6.67. The van der Waals surface area contributed by atoms with Gasteiger partial charge < -0.3 is 15.2 Å². The molecule has 250 valence electrons. The van der Waals surface area contributed by atoms with Crippen LogP contribution in [0.1, 0.15) is 78.6 Å². The second-order valence-corrected chi connectivity index (χ2v) is 14.9. The molecule has 0 heterocycles. The van der Waals surface area contributed by atoms with E-state index >= 15 is 0 Å². The average Bonchev–Trinajstić information content (AvgIpc) is 3.08. The topological polar surface area (TPSA) is 78.4 Å². The first-order chi connectivity index (χ1) is 23.0. The zero-order valence-electron chi connectivity index (χ0n) is 28.2. The first-order valence-electron chi connectivity index (χ1n) is 16.6. The van der Waals surface area contributed by atoms with Crippen molar-refractivity contribution in [3.05, 3.63) is 130 Å². The Hall–Kier alpha value is -3.84. The van der Waals surface area contributed by atoms with Gasteiger partial charge in [0.1, 0.15) is 0 Å². The lowest BCUT2D eigenvalue weighted by molar-refractivity contribution is -0.117. The molecule has 4 aromatic carbocycles. The third-order valence-corrected chi connectivity index (χ3v) is 10.0. The lowest BCUT2D eigenvalue weighted by Crippen LogP contribution is -2.25. The number of benzene rings is 4. The molecule has 0 radical (unpaired) electrons. The van der Waals surface area contributed by atoms with Gasteiger partial charge in [0.25, 0.3) is 5.91 Å². The van der Waals surface area contributed by atoms with E-state index in [1.807, 2.05) is 61.5 Å². The van der Waals surface area contributed by atoms with Crippen LogP contribution < -0.4 is 10.6 Å². The van der Waals surface area contributed by atoms with Crippen molar-refractivity contribution in [1.82, 2.24) is 5.32 Å². The summed E-state index contributed by atoms with van der Waals surface area (Å²) in [5.41, 5.74) is 9.31. The third-order valence-electron chi connectivity index (χ3n) is 9.42. The Balaban J connectivity index is 1.35. The van der Waals surface area contributed by atoms with Crippen molar-refractivity contribution >= 4 is 46.7 Å². The summed E-state index contributed by atoms with van der Waals surface area (Å²) in [6, 6.07) is 29.6. The standard InChI is InChI=1S/C41H45ClN2O3S/c1-27-25-35(42)19-22-37(27)31-15-20-36(21-16-31)44-40(46)38(26-28-5-7-33(8-6-28)39(45)43-23-24-48-47)32-11-9-29(10-12-32)30-13-17-34(18-14-30)41(2,3)4/h5-13,15-16,19-22,25,34,38,47H,14,17-18,23-24,26H2,1-4H3,(H,43,45)(H,44,46)/t34-,38+/m0/s1. The van der Waals surface area contributed by atoms with Gasteiger partial charge in [-0.3, -0.25) is 9.59 Å². The molecule has 0 saturated heterocycles. The molecule has 4 aromatic rings. The lowest BCUT2D eigenvalue weighted by atomic mass is 9.72. The molecule has 0 bridgehead atoms. The van der Waals surface area contributed by atoms with E-state index in [-0.39, 0.29) is 11.8 Å². The summed E-state index contributed by atoms with van der Waals surface area (Å²) >= 11 is 6.86. The van der Waals surface area contributed by atoms with Crippen LogP contribution in [0.5, 0.6) is 0 Å². The van der Waals surface area contributed by atoms with Crippen molar-refractivity contribution in [2.45, 2.75) is 59.3 Å². The molecule has 3 N–H and O–H groups in total. The maximum Gasteiger partial charge on any atom is 0.251 e. The number of amides is 2. The third kappa shape index (κ3) is 9.19. The zero-order valence-corrected chi connectivity index (χ0v) is 29.8. The minimum absolute atomic E-state index is 0.0913. The Morgan fingerprint density at radius 1 is 0.938 bits per heavy atom. The van der Waals surface area contributed by atoms with Gasteiger partial charge in [-0.1, -0.05) is 93.0 Å². The molecule has 48 heavy (non-hydrogen) atoms. The summed E-state index contributed by atoms with van der Waals surface area (Å²) in [6.45, 7) is 9.40. The molecule has 0 aromatic heterocycles. The fraction of sp³-hybridized carbons (Fsp3) is 0.317. The fourth-order valence-electron chi connectivity index (χ4n) is 6.43. The van der Waals surface area contributed by atoms with E-state index in [1.165, 1.54) is 17.6 Å². The number of hydrogen-bond acceptors (Lipinski definition) is 4. The predicted octanol–water partition coefficient (Wildman–Crippen LogP) is 10.4. The van der Waals surface area contributed by atoms with Crippen LogP contribution in [0.3, 0.4) is 0 Å². The SMILES string of the molecule is Cc1cc(Cl)ccc1-c1ccc(NC(=O)[C@H](Cc2ccc(C(=O)NCCSO)cc2)c2ccc(C3=CC[C@H](C(C)(C)C)CC3)cc2)cc1. The highest BCUT2D eigenvalue weighted by atomic mass is 35.5. The molecule has 1 aliphatic carbocycles. The molecular weight excluding hydrogens is 636 g/mol. The average molecular weight is 681 g/mol. The number of halogens is 1. The van der Waals surface area contributed by atoms with Gasteiger partial charge in [-0.15, -0.1) is 0 Å². The molecule has 2 amide bonds. The normalized spacial score (nSPS) is 15.4. The van der Waals surface area contributed by atoms with E-state index in [4.69, 9.17) is 16.2 Å². The number of hydrogen-bond donors (Lipinski definition) is 3. The molecule has 0 aliphatic heterocycles. The number of carbonyl (C=O) groups excluding carboxylic acids is 2. The van der Waals surface area contributed by atoms with E-state index in [0.717, 1.165) is 46.3 Å². The highest BCUT2D eigenvalue weighted by Crippen LogP contribution is 2.40. The maximum atomic E-state index is 14.0. The molecule has 0 unspecified atom stereocenters. The van der Waals surface area contributed by atoms with E-state index in [9.17, 15) is 9.59 Å². The van der Waals surface area contributed by atoms with Crippen LogP contribution in [0.25, 0.3) is 16.7 Å². The number of allylic oxidation sites excluding steroid dienone is 2. The predicted molar refractivity (Wildman–Crippen MR) is 202 cm³/mol. The second kappa shape index (κ2) is 16.0. The first-order valence-corrected chi connectivity index (χ1v) is 17.9. The smallest absolute Gasteiger partial charge is 0.251 e. The Kier molecular flexibility index (Phi) is 11.9. The van der Waals surface area contributed by atoms with Crippen molar-refractivity contribution in [1.29, 1.82) is 0 Å². The molecule has 0 saturated carbocycles. The number of carbonyl (C=O) groups is 2. The largest absolute Gasteiger partial charge is 0.351 e. The van der Waals surface area contributed by atoms with Crippen LogP contribution in [0, 0.1) is 18.3 Å². The summed E-state index contributed by atoms with van der Waals surface area (Å²) in [4.78, 5) is 26.5. The van der Waals surface area contributed by atoms with Crippen molar-refractivity contribution in [3.8, 4) is 11.1 Å². The summed E-state index contributed by atoms with van der Waals surface area (Å²) < 4.78 is 8.92. The van der Waals surface area contributed by atoms with Crippen LogP contribution in [-0.4, -0.2) is 28.7 Å². The lowest BCUT2D eigenvalue weighted by Gasteiger charge is -2.33. The van der Waals surface area contributed by atoms with Crippen LogP contribution >= 0.6 is 23.6 Å². The van der Waals surface area contributed by atoms with Gasteiger partial charge in [-0.25, -0.2) is 0 Å². The summed E-state index contributed by atoms with van der Waals surface area (Å²) in [7, 11) is 0. The van der Waals surface area contributed by atoms with E-state index < -0.39 is 5.92 Å². The molecule has 1 aliphatic rings. The highest BCUT2D eigenvalue weighted by molar-refractivity contribution is 7.93. The van der Waals surface area contributed by atoms with E-state index in [1.54, 1.807) is 12.1 Å². The quantitative estimate of drug-likeness (QED) is 0.109. The molecule has 0 fully saturated rings. The first kappa shape index (κ1) is 35.5. The number of aryl methyl sites for hydroxylation is 1. The molecule has 2 atom stereocenters. The van der Waals surface area contributed by atoms with Crippen LogP contribution in [0.2, 0.25) is 5.02 Å². The van der Waals surface area contributed by atoms with E-state index in [2.05, 4.69) is 61.7 Å². The second-order valence-electron chi connectivity index (χ2n) is 13.8. The highest BCUT2D eigenvalue weighted by Gasteiger charge is 2.27. The van der Waals surface area contributed by atoms with Gasteiger partial charge in [0, 0.05) is 28.6 Å². The zero-order chi connectivity index (χ0) is 34.3. The van der Waals surface area contributed by atoms with Crippen molar-refractivity contribution in [2.24, 2.45) is 11.3 Å². The van der Waals surface area contributed by atoms with Gasteiger partial charge in [-0.05, 0) is 131 Å². The molecular formula is C41H45ClN2O3S. The van der Waals surface area contributed by atoms with Crippen molar-refractivity contribution in [3.63, 3.8) is 0 Å². The Bertz CT molecular complexity index is 1740. The van der Waals surface area contributed by atoms with Gasteiger partial charge in [0.2, 0.25) is 5.91 Å². The van der Waals surface area contributed by atoms with Gasteiger partial charge in [0.05, 0.1) is 5.92 Å². The van der Waals surface area contributed by atoms with Crippen LogP contribution in [-0.2, 0) is 11.2 Å². The maximum absolute atomic E-state index is 14.0. The van der Waals surface area contributed by atoms with Crippen molar-refractivity contribution < 1.29 is 14.1 Å². The minimum Gasteiger partial charge on any atom is -0.351 e. The summed E-state index contributed by atoms with van der Waals surface area (Å²) in [5.74, 6) is 0.395. The minimum atomic E-state index is -0.441.